The van der Waals surface area contributed by atoms with Gasteiger partial charge in [0.05, 0.1) is 45.3 Å². The summed E-state index contributed by atoms with van der Waals surface area (Å²) < 4.78 is 4.63. The second-order valence-electron chi connectivity index (χ2n) is 12.5. The zero-order valence-electron chi connectivity index (χ0n) is 24.8. The van der Waals surface area contributed by atoms with E-state index in [9.17, 15) is 10.5 Å². The lowest BCUT2D eigenvalue weighted by atomic mass is 9.82. The molecule has 9 rings (SSSR count). The molecule has 0 N–H and O–H groups in total. The number of para-hydroxylation sites is 1. The van der Waals surface area contributed by atoms with Crippen molar-refractivity contribution < 1.29 is 0 Å². The van der Waals surface area contributed by atoms with Gasteiger partial charge in [0.25, 0.3) is 0 Å². The number of nitriles is 2. The fourth-order valence-electron chi connectivity index (χ4n) is 7.65. The second-order valence-corrected chi connectivity index (χ2v) is 12.5. The summed E-state index contributed by atoms with van der Waals surface area (Å²) in [6, 6.07) is 47.1. The molecule has 0 fully saturated rings. The number of rotatable bonds is 2. The zero-order chi connectivity index (χ0) is 30.4. The predicted octanol–water partition coefficient (Wildman–Crippen LogP) is 9.93. The SMILES string of the molecule is CC1(C)c2ccccc2-c2cc3c4ccccc4n(-c4cccc(-n5c6ccc(C#N)cc6c6cc(C#N)ccc65)c4)c3cc21. The van der Waals surface area contributed by atoms with Crippen molar-refractivity contribution >= 4 is 43.6 Å². The van der Waals surface area contributed by atoms with E-state index in [1.807, 2.05) is 36.4 Å². The molecule has 0 bridgehead atoms. The monoisotopic (exact) mass is 574 g/mol. The summed E-state index contributed by atoms with van der Waals surface area (Å²) in [4.78, 5) is 0. The second kappa shape index (κ2) is 8.96. The minimum Gasteiger partial charge on any atom is -0.309 e. The molecule has 2 aromatic heterocycles. The van der Waals surface area contributed by atoms with E-state index < -0.39 is 0 Å². The smallest absolute Gasteiger partial charge is 0.0991 e. The summed E-state index contributed by atoms with van der Waals surface area (Å²) in [5, 5.41) is 23.7. The van der Waals surface area contributed by atoms with Crippen molar-refractivity contribution in [1.82, 2.24) is 9.13 Å². The van der Waals surface area contributed by atoms with Gasteiger partial charge < -0.3 is 9.13 Å². The van der Waals surface area contributed by atoms with Gasteiger partial charge >= 0.3 is 0 Å². The lowest BCUT2D eigenvalue weighted by molar-refractivity contribution is 0.661. The standard InChI is InChI=1S/C41H26N4/c1-41(2)35-12-5-3-10-29(35)31-21-34-30-11-4-6-13-37(30)45(40(34)22-36(31)41)28-9-7-8-27(20-28)44-38-16-14-25(23-42)18-32(38)33-19-26(24-43)15-17-39(33)44/h3-22H,1-2H3. The van der Waals surface area contributed by atoms with Crippen LogP contribution in [0.5, 0.6) is 0 Å². The number of nitrogens with zero attached hydrogens (tertiary/aromatic N) is 4. The van der Waals surface area contributed by atoms with Crippen LogP contribution in [0.25, 0.3) is 66.1 Å². The minimum absolute atomic E-state index is 0.100. The van der Waals surface area contributed by atoms with Crippen molar-refractivity contribution in [1.29, 1.82) is 10.5 Å². The van der Waals surface area contributed by atoms with Gasteiger partial charge in [0.2, 0.25) is 0 Å². The highest BCUT2D eigenvalue weighted by molar-refractivity contribution is 6.12. The largest absolute Gasteiger partial charge is 0.309 e. The molecule has 1 aliphatic rings. The molecule has 0 radical (unpaired) electrons. The molecule has 0 unspecified atom stereocenters. The highest BCUT2D eigenvalue weighted by Gasteiger charge is 2.36. The molecule has 6 aromatic carbocycles. The number of hydrogen-bond donors (Lipinski definition) is 0. The van der Waals surface area contributed by atoms with Gasteiger partial charge in [-0.05, 0) is 95.1 Å². The van der Waals surface area contributed by atoms with Gasteiger partial charge in [-0.3, -0.25) is 0 Å². The first-order valence-corrected chi connectivity index (χ1v) is 15.1. The molecule has 45 heavy (non-hydrogen) atoms. The maximum atomic E-state index is 9.64. The topological polar surface area (TPSA) is 57.4 Å². The van der Waals surface area contributed by atoms with Gasteiger partial charge in [-0.25, -0.2) is 0 Å². The van der Waals surface area contributed by atoms with Crippen LogP contribution in [0.4, 0.5) is 0 Å². The van der Waals surface area contributed by atoms with Crippen LogP contribution in [0, 0.1) is 22.7 Å². The van der Waals surface area contributed by atoms with Gasteiger partial charge in [-0.2, -0.15) is 10.5 Å². The molecule has 2 heterocycles. The van der Waals surface area contributed by atoms with E-state index in [1.54, 1.807) is 0 Å². The van der Waals surface area contributed by atoms with Gasteiger partial charge in [0.15, 0.2) is 0 Å². The molecule has 0 spiro atoms. The fraction of sp³-hybridized carbons (Fsp3) is 0.0732. The Bertz CT molecular complexity index is 2580. The average molecular weight is 575 g/mol. The Balaban J connectivity index is 1.33. The van der Waals surface area contributed by atoms with E-state index in [0.717, 1.165) is 33.2 Å². The third-order valence-electron chi connectivity index (χ3n) is 9.75. The molecule has 0 aliphatic heterocycles. The van der Waals surface area contributed by atoms with E-state index in [4.69, 9.17) is 0 Å². The molecule has 0 saturated carbocycles. The maximum Gasteiger partial charge on any atom is 0.0991 e. The Labute approximate surface area is 260 Å². The minimum atomic E-state index is -0.100. The first kappa shape index (κ1) is 25.4. The Morgan fingerprint density at radius 3 is 1.73 bits per heavy atom. The number of benzene rings is 6. The Morgan fingerprint density at radius 1 is 0.467 bits per heavy atom. The van der Waals surface area contributed by atoms with Crippen LogP contribution in [0.1, 0.15) is 36.1 Å². The fourth-order valence-corrected chi connectivity index (χ4v) is 7.65. The molecule has 0 atom stereocenters. The third-order valence-corrected chi connectivity index (χ3v) is 9.75. The molecular weight excluding hydrogens is 548 g/mol. The Morgan fingerprint density at radius 2 is 1.04 bits per heavy atom. The van der Waals surface area contributed by atoms with Crippen LogP contribution in [-0.4, -0.2) is 9.13 Å². The van der Waals surface area contributed by atoms with Crippen molar-refractivity contribution in [2.75, 3.05) is 0 Å². The van der Waals surface area contributed by atoms with E-state index >= 15 is 0 Å². The van der Waals surface area contributed by atoms with Crippen molar-refractivity contribution in [2.45, 2.75) is 19.3 Å². The molecule has 4 heteroatoms. The third kappa shape index (κ3) is 3.40. The summed E-state index contributed by atoms with van der Waals surface area (Å²) >= 11 is 0. The van der Waals surface area contributed by atoms with Gasteiger partial charge in [-0.15, -0.1) is 0 Å². The van der Waals surface area contributed by atoms with Crippen molar-refractivity contribution in [3.8, 4) is 34.6 Å². The molecule has 0 saturated heterocycles. The lowest BCUT2D eigenvalue weighted by Gasteiger charge is -2.21. The van der Waals surface area contributed by atoms with Gasteiger partial charge in [0, 0.05) is 38.3 Å². The van der Waals surface area contributed by atoms with Crippen LogP contribution in [0.2, 0.25) is 0 Å². The summed E-state index contributed by atoms with van der Waals surface area (Å²) in [5.41, 5.74) is 12.9. The summed E-state index contributed by atoms with van der Waals surface area (Å²) in [7, 11) is 0. The number of hydrogen-bond acceptors (Lipinski definition) is 2. The number of fused-ring (bicyclic) bond motifs is 9. The molecule has 8 aromatic rings. The molecule has 4 nitrogen and oxygen atoms in total. The Kier molecular flexibility index (Phi) is 5.06. The van der Waals surface area contributed by atoms with Crippen LogP contribution < -0.4 is 0 Å². The Hall–Kier alpha value is -6.10. The van der Waals surface area contributed by atoms with E-state index in [1.165, 1.54) is 44.1 Å². The van der Waals surface area contributed by atoms with Crippen LogP contribution >= 0.6 is 0 Å². The molecule has 0 amide bonds. The quantitative estimate of drug-likeness (QED) is 0.206. The normalized spacial score (nSPS) is 13.2. The van der Waals surface area contributed by atoms with Gasteiger partial charge in [0.1, 0.15) is 0 Å². The number of aromatic nitrogens is 2. The van der Waals surface area contributed by atoms with Crippen molar-refractivity contribution in [2.24, 2.45) is 0 Å². The van der Waals surface area contributed by atoms with Gasteiger partial charge in [-0.1, -0.05) is 62.4 Å². The van der Waals surface area contributed by atoms with Crippen molar-refractivity contribution in [3.63, 3.8) is 0 Å². The van der Waals surface area contributed by atoms with Crippen LogP contribution in [-0.2, 0) is 5.41 Å². The van der Waals surface area contributed by atoms with E-state index in [0.29, 0.717) is 11.1 Å². The predicted molar refractivity (Wildman–Crippen MR) is 182 cm³/mol. The first-order valence-electron chi connectivity index (χ1n) is 15.1. The van der Waals surface area contributed by atoms with E-state index in [2.05, 4.69) is 120 Å². The maximum absolute atomic E-state index is 9.64. The van der Waals surface area contributed by atoms with Crippen molar-refractivity contribution in [3.05, 3.63) is 144 Å². The highest BCUT2D eigenvalue weighted by Crippen LogP contribution is 2.51. The molecular formula is C41H26N4. The lowest BCUT2D eigenvalue weighted by Crippen LogP contribution is -2.15. The summed E-state index contributed by atoms with van der Waals surface area (Å²) in [6.45, 7) is 4.66. The zero-order valence-corrected chi connectivity index (χ0v) is 24.8. The summed E-state index contributed by atoms with van der Waals surface area (Å²) in [6.07, 6.45) is 0. The van der Waals surface area contributed by atoms with Crippen LogP contribution in [0.15, 0.2) is 121 Å². The highest BCUT2D eigenvalue weighted by atomic mass is 15.0. The summed E-state index contributed by atoms with van der Waals surface area (Å²) in [5.74, 6) is 0. The first-order chi connectivity index (χ1) is 22.0. The van der Waals surface area contributed by atoms with Crippen LogP contribution in [0.3, 0.4) is 0 Å². The average Bonchev–Trinajstić information content (AvgIpc) is 3.66. The molecule has 1 aliphatic carbocycles. The molecule has 210 valence electrons. The van der Waals surface area contributed by atoms with E-state index in [-0.39, 0.29) is 5.41 Å².